The maximum Gasteiger partial charge on any atom is 0.336 e. The Balaban J connectivity index is 2.06. The van der Waals surface area contributed by atoms with Gasteiger partial charge in [-0.05, 0) is 11.1 Å². The van der Waals surface area contributed by atoms with Crippen molar-refractivity contribution >= 4 is 11.9 Å². The summed E-state index contributed by atoms with van der Waals surface area (Å²) in [4.78, 5) is 26.8. The molecule has 0 radical (unpaired) electrons. The van der Waals surface area contributed by atoms with E-state index in [9.17, 15) is 9.59 Å². The number of nitrogens with zero attached hydrogens (tertiary/aromatic N) is 1. The molecule has 2 aromatic rings. The van der Waals surface area contributed by atoms with E-state index in [1.807, 2.05) is 65.6 Å². The average molecular weight is 363 g/mol. The van der Waals surface area contributed by atoms with Gasteiger partial charge in [0.25, 0.3) is 0 Å². The van der Waals surface area contributed by atoms with E-state index in [0.29, 0.717) is 17.7 Å². The molecule has 0 saturated heterocycles. The second-order valence-electron chi connectivity index (χ2n) is 6.15. The van der Waals surface area contributed by atoms with Crippen LogP contribution in [0.2, 0.25) is 0 Å². The molecule has 0 aromatic heterocycles. The van der Waals surface area contributed by atoms with Gasteiger partial charge >= 0.3 is 11.9 Å². The van der Waals surface area contributed by atoms with Crippen LogP contribution in [0.25, 0.3) is 0 Å². The summed E-state index contributed by atoms with van der Waals surface area (Å²) in [5.41, 5.74) is 2.66. The minimum Gasteiger partial charge on any atom is -0.466 e. The highest BCUT2D eigenvalue weighted by Gasteiger charge is 2.35. The SMILES string of the molecule is COC(=O)C1=CN(Cc2ccccc2)C=C(C(=O)OC)C1c1ccccc1. The minimum absolute atomic E-state index is 0.391. The summed E-state index contributed by atoms with van der Waals surface area (Å²) in [6, 6.07) is 19.2. The van der Waals surface area contributed by atoms with Crippen molar-refractivity contribution in [3.8, 4) is 0 Å². The Bertz CT molecular complexity index is 838. The van der Waals surface area contributed by atoms with E-state index < -0.39 is 17.9 Å². The topological polar surface area (TPSA) is 55.8 Å². The molecule has 0 amide bonds. The van der Waals surface area contributed by atoms with Gasteiger partial charge in [-0.25, -0.2) is 9.59 Å². The first-order valence-corrected chi connectivity index (χ1v) is 8.58. The zero-order chi connectivity index (χ0) is 19.2. The molecular weight excluding hydrogens is 342 g/mol. The molecule has 5 nitrogen and oxygen atoms in total. The third-order valence-corrected chi connectivity index (χ3v) is 4.41. The predicted molar refractivity (Wildman–Crippen MR) is 101 cm³/mol. The average Bonchev–Trinajstić information content (AvgIpc) is 2.73. The summed E-state index contributed by atoms with van der Waals surface area (Å²) in [5, 5.41) is 0. The summed E-state index contributed by atoms with van der Waals surface area (Å²) >= 11 is 0. The molecule has 0 spiro atoms. The smallest absolute Gasteiger partial charge is 0.336 e. The van der Waals surface area contributed by atoms with Crippen LogP contribution in [0, 0.1) is 0 Å². The van der Waals surface area contributed by atoms with Crippen LogP contribution in [-0.2, 0) is 25.6 Å². The molecule has 1 heterocycles. The fourth-order valence-corrected chi connectivity index (χ4v) is 3.18. The summed E-state index contributed by atoms with van der Waals surface area (Å²) in [6.07, 6.45) is 3.48. The van der Waals surface area contributed by atoms with E-state index in [1.54, 1.807) is 12.4 Å². The second-order valence-corrected chi connectivity index (χ2v) is 6.15. The van der Waals surface area contributed by atoms with Crippen molar-refractivity contribution in [2.45, 2.75) is 12.5 Å². The quantitative estimate of drug-likeness (QED) is 0.762. The molecule has 1 aliphatic rings. The molecule has 5 heteroatoms. The van der Waals surface area contributed by atoms with Gasteiger partial charge in [-0.1, -0.05) is 60.7 Å². The van der Waals surface area contributed by atoms with Gasteiger partial charge in [0.15, 0.2) is 0 Å². The predicted octanol–water partition coefficient (Wildman–Crippen LogP) is 3.40. The van der Waals surface area contributed by atoms with E-state index in [4.69, 9.17) is 9.47 Å². The monoisotopic (exact) mass is 363 g/mol. The molecule has 27 heavy (non-hydrogen) atoms. The van der Waals surface area contributed by atoms with Crippen molar-refractivity contribution in [2.24, 2.45) is 0 Å². The Labute approximate surface area is 158 Å². The van der Waals surface area contributed by atoms with Gasteiger partial charge in [0, 0.05) is 18.9 Å². The molecule has 0 fully saturated rings. The molecule has 1 aliphatic heterocycles. The third kappa shape index (κ3) is 4.08. The zero-order valence-corrected chi connectivity index (χ0v) is 15.3. The van der Waals surface area contributed by atoms with Gasteiger partial charge in [0.1, 0.15) is 0 Å². The molecule has 0 aliphatic carbocycles. The number of methoxy groups -OCH3 is 2. The van der Waals surface area contributed by atoms with Gasteiger partial charge in [0.2, 0.25) is 0 Å². The molecule has 0 N–H and O–H groups in total. The van der Waals surface area contributed by atoms with Gasteiger partial charge in [-0.2, -0.15) is 0 Å². The molecule has 0 unspecified atom stereocenters. The van der Waals surface area contributed by atoms with E-state index in [0.717, 1.165) is 11.1 Å². The highest BCUT2D eigenvalue weighted by Crippen LogP contribution is 2.37. The molecule has 0 atom stereocenters. The molecule has 0 saturated carbocycles. The first-order chi connectivity index (χ1) is 13.1. The highest BCUT2D eigenvalue weighted by atomic mass is 16.5. The van der Waals surface area contributed by atoms with Crippen LogP contribution in [0.4, 0.5) is 0 Å². The number of carbonyl (C=O) groups is 2. The number of benzene rings is 2. The minimum atomic E-state index is -0.543. The van der Waals surface area contributed by atoms with Crippen molar-refractivity contribution < 1.29 is 19.1 Å². The number of esters is 2. The summed E-state index contributed by atoms with van der Waals surface area (Å²) < 4.78 is 9.98. The number of rotatable bonds is 5. The Morgan fingerprint density at radius 1 is 0.815 bits per heavy atom. The first-order valence-electron chi connectivity index (χ1n) is 8.58. The lowest BCUT2D eigenvalue weighted by molar-refractivity contribution is -0.137. The lowest BCUT2D eigenvalue weighted by Crippen LogP contribution is -2.28. The largest absolute Gasteiger partial charge is 0.466 e. The van der Waals surface area contributed by atoms with Crippen LogP contribution in [0.15, 0.2) is 84.2 Å². The fraction of sp³-hybridized carbons (Fsp3) is 0.182. The Morgan fingerprint density at radius 2 is 1.30 bits per heavy atom. The fourth-order valence-electron chi connectivity index (χ4n) is 3.18. The van der Waals surface area contributed by atoms with Crippen molar-refractivity contribution in [2.75, 3.05) is 14.2 Å². The van der Waals surface area contributed by atoms with Gasteiger partial charge in [-0.15, -0.1) is 0 Å². The van der Waals surface area contributed by atoms with Crippen molar-refractivity contribution in [3.63, 3.8) is 0 Å². The Hall–Kier alpha value is -3.34. The molecule has 0 bridgehead atoms. The lowest BCUT2D eigenvalue weighted by atomic mass is 9.83. The normalized spacial score (nSPS) is 14.2. The third-order valence-electron chi connectivity index (χ3n) is 4.41. The van der Waals surface area contributed by atoms with Crippen LogP contribution in [0.3, 0.4) is 0 Å². The molecule has 138 valence electrons. The molecular formula is C22H21NO4. The van der Waals surface area contributed by atoms with Crippen LogP contribution in [0.1, 0.15) is 17.0 Å². The number of carbonyl (C=O) groups excluding carboxylic acids is 2. The Morgan fingerprint density at radius 3 is 1.78 bits per heavy atom. The van der Waals surface area contributed by atoms with Crippen LogP contribution >= 0.6 is 0 Å². The van der Waals surface area contributed by atoms with Gasteiger partial charge in [0.05, 0.1) is 31.3 Å². The van der Waals surface area contributed by atoms with E-state index in [2.05, 4.69) is 0 Å². The summed E-state index contributed by atoms with van der Waals surface area (Å²) in [6.45, 7) is 0.517. The van der Waals surface area contributed by atoms with Gasteiger partial charge in [-0.3, -0.25) is 0 Å². The van der Waals surface area contributed by atoms with Crippen LogP contribution < -0.4 is 0 Å². The molecule has 3 rings (SSSR count). The number of hydrogen-bond donors (Lipinski definition) is 0. The maximum absolute atomic E-state index is 12.5. The zero-order valence-electron chi connectivity index (χ0n) is 15.3. The molecule has 2 aromatic carbocycles. The van der Waals surface area contributed by atoms with Crippen molar-refractivity contribution in [3.05, 3.63) is 95.3 Å². The highest BCUT2D eigenvalue weighted by molar-refractivity contribution is 5.98. The van der Waals surface area contributed by atoms with E-state index >= 15 is 0 Å². The maximum atomic E-state index is 12.5. The van der Waals surface area contributed by atoms with E-state index in [-0.39, 0.29) is 0 Å². The first kappa shape index (κ1) is 18.5. The number of ether oxygens (including phenoxy) is 2. The lowest BCUT2D eigenvalue weighted by Gasteiger charge is -2.30. The Kier molecular flexibility index (Phi) is 5.71. The van der Waals surface area contributed by atoms with Crippen LogP contribution in [0.5, 0.6) is 0 Å². The standard InChI is InChI=1S/C22H21NO4/c1-26-21(24)18-14-23(13-16-9-5-3-6-10-16)15-19(22(25)27-2)20(18)17-11-7-4-8-12-17/h3-12,14-15,20H,13H2,1-2H3. The summed E-state index contributed by atoms with van der Waals surface area (Å²) in [7, 11) is 2.67. The van der Waals surface area contributed by atoms with E-state index in [1.165, 1.54) is 14.2 Å². The second kappa shape index (κ2) is 8.36. The van der Waals surface area contributed by atoms with Gasteiger partial charge < -0.3 is 14.4 Å². The number of hydrogen-bond acceptors (Lipinski definition) is 5. The van der Waals surface area contributed by atoms with Crippen molar-refractivity contribution in [1.29, 1.82) is 0 Å². The summed E-state index contributed by atoms with van der Waals surface area (Å²) in [5.74, 6) is -1.49. The van der Waals surface area contributed by atoms with Crippen LogP contribution in [-0.4, -0.2) is 31.1 Å². The van der Waals surface area contributed by atoms with Crippen molar-refractivity contribution in [1.82, 2.24) is 4.90 Å².